The third kappa shape index (κ3) is 3.44. The molecule has 1 saturated heterocycles. The summed E-state index contributed by atoms with van der Waals surface area (Å²) in [5, 5.41) is 0. The molecule has 2 unspecified atom stereocenters. The molecule has 0 radical (unpaired) electrons. The van der Waals surface area contributed by atoms with E-state index in [9.17, 15) is 0 Å². The molecule has 2 atom stereocenters. The molecule has 0 amide bonds. The number of hydrogen-bond acceptors (Lipinski definition) is 1. The van der Waals surface area contributed by atoms with Gasteiger partial charge >= 0.3 is 0 Å². The van der Waals surface area contributed by atoms with Crippen LogP contribution in [-0.4, -0.2) is 19.1 Å². The van der Waals surface area contributed by atoms with Gasteiger partial charge in [0.2, 0.25) is 0 Å². The van der Waals surface area contributed by atoms with Crippen molar-refractivity contribution in [3.05, 3.63) is 0 Å². The molecule has 0 bridgehead atoms. The van der Waals surface area contributed by atoms with E-state index in [1.54, 1.807) is 0 Å². The van der Waals surface area contributed by atoms with Crippen LogP contribution < -0.4 is 0 Å². The Labute approximate surface area is 74.1 Å². The van der Waals surface area contributed by atoms with Crippen LogP contribution in [0.25, 0.3) is 0 Å². The molecule has 0 saturated carbocycles. The van der Waals surface area contributed by atoms with Crippen molar-refractivity contribution >= 4 is 11.6 Å². The Hall–Kier alpha value is 0.250. The monoisotopic (exact) mass is 176 g/mol. The van der Waals surface area contributed by atoms with E-state index in [-0.39, 0.29) is 0 Å². The normalized spacial score (nSPS) is 28.4. The molecular weight excluding hydrogens is 160 g/mol. The molecule has 1 heterocycles. The summed E-state index contributed by atoms with van der Waals surface area (Å²) in [6.45, 7) is 4.13. The van der Waals surface area contributed by atoms with Gasteiger partial charge in [-0.15, -0.1) is 11.6 Å². The summed E-state index contributed by atoms with van der Waals surface area (Å²) in [6, 6.07) is 0. The van der Waals surface area contributed by atoms with Crippen LogP contribution in [0.3, 0.4) is 0 Å². The van der Waals surface area contributed by atoms with Crippen LogP contribution in [-0.2, 0) is 4.74 Å². The van der Waals surface area contributed by atoms with E-state index < -0.39 is 0 Å². The molecule has 11 heavy (non-hydrogen) atoms. The van der Waals surface area contributed by atoms with Crippen LogP contribution in [0.5, 0.6) is 0 Å². The summed E-state index contributed by atoms with van der Waals surface area (Å²) in [7, 11) is 0. The van der Waals surface area contributed by atoms with Crippen LogP contribution in [0, 0.1) is 11.8 Å². The molecule has 0 N–H and O–H groups in total. The third-order valence-corrected chi connectivity index (χ3v) is 2.78. The largest absolute Gasteiger partial charge is 0.381 e. The highest BCUT2D eigenvalue weighted by atomic mass is 35.5. The Morgan fingerprint density at radius 1 is 1.64 bits per heavy atom. The molecule has 1 aliphatic rings. The van der Waals surface area contributed by atoms with Crippen molar-refractivity contribution < 1.29 is 4.74 Å². The first kappa shape index (κ1) is 9.34. The van der Waals surface area contributed by atoms with Crippen LogP contribution >= 0.6 is 11.6 Å². The van der Waals surface area contributed by atoms with Crippen molar-refractivity contribution in [2.24, 2.45) is 11.8 Å². The third-order valence-electron chi connectivity index (χ3n) is 2.25. The lowest BCUT2D eigenvalue weighted by Gasteiger charge is -2.23. The summed E-state index contributed by atoms with van der Waals surface area (Å²) in [5.41, 5.74) is 0. The quantitative estimate of drug-likeness (QED) is 0.601. The number of rotatable bonds is 3. The predicted octanol–water partition coefficient (Wildman–Crippen LogP) is 2.68. The maximum Gasteiger partial charge on any atom is 0.0494 e. The molecule has 1 rings (SSSR count). The molecule has 0 aromatic carbocycles. The Morgan fingerprint density at radius 2 is 2.45 bits per heavy atom. The van der Waals surface area contributed by atoms with Crippen molar-refractivity contribution in [3.8, 4) is 0 Å². The van der Waals surface area contributed by atoms with Gasteiger partial charge in [0.25, 0.3) is 0 Å². The van der Waals surface area contributed by atoms with Gasteiger partial charge in [0, 0.05) is 19.1 Å². The molecule has 66 valence electrons. The molecule has 2 heteroatoms. The highest BCUT2D eigenvalue weighted by molar-refractivity contribution is 6.18. The van der Waals surface area contributed by atoms with E-state index in [1.165, 1.54) is 19.3 Å². The van der Waals surface area contributed by atoms with E-state index in [4.69, 9.17) is 16.3 Å². The maximum atomic E-state index is 5.73. The second-order valence-corrected chi connectivity index (χ2v) is 3.89. The molecule has 1 nitrogen and oxygen atoms in total. The van der Waals surface area contributed by atoms with Crippen LogP contribution in [0.4, 0.5) is 0 Å². The van der Waals surface area contributed by atoms with Gasteiger partial charge in [-0.1, -0.05) is 6.92 Å². The van der Waals surface area contributed by atoms with Gasteiger partial charge in [-0.3, -0.25) is 0 Å². The highest BCUT2D eigenvalue weighted by Gasteiger charge is 2.15. The predicted molar refractivity (Wildman–Crippen MR) is 48.0 cm³/mol. The van der Waals surface area contributed by atoms with Crippen molar-refractivity contribution in [2.45, 2.75) is 26.2 Å². The standard InChI is InChI=1S/C9H17ClO/c1-8(6-10)5-9-3-2-4-11-7-9/h8-9H,2-7H2,1H3. The molecule has 0 aliphatic carbocycles. The fourth-order valence-electron chi connectivity index (χ4n) is 1.63. The second kappa shape index (κ2) is 5.00. The fraction of sp³-hybridized carbons (Fsp3) is 1.00. The van der Waals surface area contributed by atoms with Gasteiger partial charge in [-0.25, -0.2) is 0 Å². The van der Waals surface area contributed by atoms with Gasteiger partial charge in [0.15, 0.2) is 0 Å². The summed E-state index contributed by atoms with van der Waals surface area (Å²) >= 11 is 5.73. The lowest BCUT2D eigenvalue weighted by Crippen LogP contribution is -2.19. The topological polar surface area (TPSA) is 9.23 Å². The minimum Gasteiger partial charge on any atom is -0.381 e. The minimum atomic E-state index is 0.656. The number of ether oxygens (including phenoxy) is 1. The fourth-order valence-corrected chi connectivity index (χ4v) is 1.75. The number of alkyl halides is 1. The van der Waals surface area contributed by atoms with E-state index in [1.807, 2.05) is 0 Å². The van der Waals surface area contributed by atoms with Gasteiger partial charge in [0.1, 0.15) is 0 Å². The Bertz CT molecular complexity index is 99.7. The van der Waals surface area contributed by atoms with Crippen molar-refractivity contribution in [1.82, 2.24) is 0 Å². The summed E-state index contributed by atoms with van der Waals surface area (Å²) in [5.74, 6) is 2.22. The molecule has 0 spiro atoms. The molecule has 0 aromatic rings. The number of halogens is 1. The molecule has 1 aliphatic heterocycles. The smallest absolute Gasteiger partial charge is 0.0494 e. The van der Waals surface area contributed by atoms with E-state index in [2.05, 4.69) is 6.92 Å². The average Bonchev–Trinajstić information content (AvgIpc) is 2.06. The van der Waals surface area contributed by atoms with Crippen LogP contribution in [0.1, 0.15) is 26.2 Å². The Kier molecular flexibility index (Phi) is 4.24. The zero-order valence-corrected chi connectivity index (χ0v) is 7.94. The molecule has 0 aromatic heterocycles. The van der Waals surface area contributed by atoms with Crippen LogP contribution in [0.15, 0.2) is 0 Å². The van der Waals surface area contributed by atoms with Gasteiger partial charge in [-0.2, -0.15) is 0 Å². The first-order valence-electron chi connectivity index (χ1n) is 4.46. The summed E-state index contributed by atoms with van der Waals surface area (Å²) < 4.78 is 5.38. The van der Waals surface area contributed by atoms with Crippen molar-refractivity contribution in [1.29, 1.82) is 0 Å². The molecule has 1 fully saturated rings. The molecular formula is C9H17ClO. The highest BCUT2D eigenvalue weighted by Crippen LogP contribution is 2.21. The minimum absolute atomic E-state index is 0.656. The van der Waals surface area contributed by atoms with E-state index in [0.29, 0.717) is 5.92 Å². The number of hydrogen-bond donors (Lipinski definition) is 0. The lowest BCUT2D eigenvalue weighted by molar-refractivity contribution is 0.0472. The zero-order valence-electron chi connectivity index (χ0n) is 7.18. The zero-order chi connectivity index (χ0) is 8.10. The maximum absolute atomic E-state index is 5.73. The van der Waals surface area contributed by atoms with Crippen LogP contribution in [0.2, 0.25) is 0 Å². The second-order valence-electron chi connectivity index (χ2n) is 3.58. The SMILES string of the molecule is CC(CCl)CC1CCCOC1. The van der Waals surface area contributed by atoms with Gasteiger partial charge in [0.05, 0.1) is 0 Å². The van der Waals surface area contributed by atoms with Gasteiger partial charge < -0.3 is 4.74 Å². The lowest BCUT2D eigenvalue weighted by atomic mass is 9.92. The Morgan fingerprint density at radius 3 is 3.00 bits per heavy atom. The first-order chi connectivity index (χ1) is 5.33. The first-order valence-corrected chi connectivity index (χ1v) is 5.00. The van der Waals surface area contributed by atoms with E-state index >= 15 is 0 Å². The average molecular weight is 177 g/mol. The summed E-state index contributed by atoms with van der Waals surface area (Å²) in [4.78, 5) is 0. The van der Waals surface area contributed by atoms with Crippen molar-refractivity contribution in [3.63, 3.8) is 0 Å². The van der Waals surface area contributed by atoms with Gasteiger partial charge in [-0.05, 0) is 31.1 Å². The Balaban J connectivity index is 2.13. The van der Waals surface area contributed by atoms with E-state index in [0.717, 1.165) is 25.0 Å². The summed E-state index contributed by atoms with van der Waals surface area (Å²) in [6.07, 6.45) is 3.81. The van der Waals surface area contributed by atoms with Crippen molar-refractivity contribution in [2.75, 3.05) is 19.1 Å².